The summed E-state index contributed by atoms with van der Waals surface area (Å²) in [6.07, 6.45) is 5.90. The van der Waals surface area contributed by atoms with Crippen LogP contribution in [0.5, 0.6) is 0 Å². The van der Waals surface area contributed by atoms with Gasteiger partial charge in [-0.05, 0) is 36.2 Å². The molecule has 4 heteroatoms. The summed E-state index contributed by atoms with van der Waals surface area (Å²) >= 11 is 0. The fourth-order valence-corrected chi connectivity index (χ4v) is 1.77. The van der Waals surface area contributed by atoms with Gasteiger partial charge in [-0.3, -0.25) is 9.78 Å². The first kappa shape index (κ1) is 13.3. The van der Waals surface area contributed by atoms with Crippen molar-refractivity contribution in [2.45, 2.75) is 32.7 Å². The van der Waals surface area contributed by atoms with Gasteiger partial charge in [0.25, 0.3) is 0 Å². The lowest BCUT2D eigenvalue weighted by Gasteiger charge is -2.05. The second kappa shape index (κ2) is 6.73. The molecule has 0 saturated carbocycles. The summed E-state index contributed by atoms with van der Waals surface area (Å²) in [4.78, 5) is 15.8. The van der Waals surface area contributed by atoms with E-state index in [4.69, 9.17) is 4.42 Å². The Bertz CT molecular complexity index is 521. The molecule has 1 amide bonds. The third-order valence-electron chi connectivity index (χ3n) is 2.85. The van der Waals surface area contributed by atoms with Crippen LogP contribution >= 0.6 is 0 Å². The number of unbranched alkanes of at least 4 members (excludes halogenated alkanes) is 1. The highest BCUT2D eigenvalue weighted by Crippen LogP contribution is 2.17. The van der Waals surface area contributed by atoms with Crippen molar-refractivity contribution in [1.82, 2.24) is 10.3 Å². The van der Waals surface area contributed by atoms with Crippen LogP contribution in [0.2, 0.25) is 0 Å². The number of nitrogens with zero attached hydrogens (tertiary/aromatic N) is 1. The molecule has 2 rings (SSSR count). The Kier molecular flexibility index (Phi) is 4.72. The van der Waals surface area contributed by atoms with E-state index in [9.17, 15) is 4.79 Å². The van der Waals surface area contributed by atoms with E-state index < -0.39 is 0 Å². The maximum atomic E-state index is 11.5. The predicted octanol–water partition coefficient (Wildman–Crippen LogP) is 3.15. The number of nitrogens with one attached hydrogen (secondary N) is 1. The normalized spacial score (nSPS) is 10.4. The van der Waals surface area contributed by atoms with Gasteiger partial charge in [-0.2, -0.15) is 0 Å². The van der Waals surface area contributed by atoms with Crippen molar-refractivity contribution in [2.75, 3.05) is 0 Å². The minimum atomic E-state index is 0.0956. The third-order valence-corrected chi connectivity index (χ3v) is 2.85. The molecule has 0 atom stereocenters. The Morgan fingerprint density at radius 3 is 3.05 bits per heavy atom. The van der Waals surface area contributed by atoms with Gasteiger partial charge in [0.1, 0.15) is 5.69 Å². The summed E-state index contributed by atoms with van der Waals surface area (Å²) in [6.45, 7) is 2.60. The quantitative estimate of drug-likeness (QED) is 0.866. The number of amides is 1. The largest absolute Gasteiger partial charge is 0.463 e. The molecule has 0 fully saturated rings. The first-order valence-electron chi connectivity index (χ1n) is 6.55. The van der Waals surface area contributed by atoms with E-state index in [1.165, 1.54) is 0 Å². The zero-order valence-electron chi connectivity index (χ0n) is 11.1. The predicted molar refractivity (Wildman–Crippen MR) is 73.3 cm³/mol. The lowest BCUT2D eigenvalue weighted by molar-refractivity contribution is -0.121. The van der Waals surface area contributed by atoms with Crippen molar-refractivity contribution in [3.05, 3.63) is 42.3 Å². The van der Waals surface area contributed by atoms with Gasteiger partial charge >= 0.3 is 0 Å². The Labute approximate surface area is 112 Å². The number of hydrogen-bond donors (Lipinski definition) is 1. The van der Waals surface area contributed by atoms with Gasteiger partial charge < -0.3 is 9.73 Å². The zero-order valence-corrected chi connectivity index (χ0v) is 11.1. The molecule has 0 radical (unpaired) electrons. The molecule has 0 spiro atoms. The highest BCUT2D eigenvalue weighted by molar-refractivity contribution is 5.75. The van der Waals surface area contributed by atoms with Crippen LogP contribution in [0.3, 0.4) is 0 Å². The summed E-state index contributed by atoms with van der Waals surface area (Å²) in [6, 6.07) is 7.52. The molecule has 1 N–H and O–H groups in total. The topological polar surface area (TPSA) is 55.1 Å². The average molecular weight is 258 g/mol. The number of pyridine rings is 1. The first-order valence-corrected chi connectivity index (χ1v) is 6.55. The van der Waals surface area contributed by atoms with Crippen LogP contribution < -0.4 is 5.32 Å². The molecule has 4 nitrogen and oxygen atoms in total. The van der Waals surface area contributed by atoms with Crippen LogP contribution in [0.4, 0.5) is 0 Å². The van der Waals surface area contributed by atoms with Gasteiger partial charge in [-0.15, -0.1) is 0 Å². The van der Waals surface area contributed by atoms with Gasteiger partial charge in [0.2, 0.25) is 5.91 Å². The van der Waals surface area contributed by atoms with E-state index in [2.05, 4.69) is 17.2 Å². The highest BCUT2D eigenvalue weighted by atomic mass is 16.3. The number of rotatable bonds is 6. The number of furan rings is 1. The molecular formula is C15H18N2O2. The highest BCUT2D eigenvalue weighted by Gasteiger charge is 2.04. The molecule has 0 aromatic carbocycles. The van der Waals surface area contributed by atoms with Gasteiger partial charge in [0.15, 0.2) is 5.76 Å². The number of carbonyl (C=O) groups is 1. The smallest absolute Gasteiger partial charge is 0.220 e. The number of aromatic nitrogens is 1. The molecular weight excluding hydrogens is 240 g/mol. The fraction of sp³-hybridized carbons (Fsp3) is 0.333. The van der Waals surface area contributed by atoms with Crippen LogP contribution in [-0.2, 0) is 11.3 Å². The fourth-order valence-electron chi connectivity index (χ4n) is 1.77. The minimum Gasteiger partial charge on any atom is -0.463 e. The van der Waals surface area contributed by atoms with Gasteiger partial charge in [-0.1, -0.05) is 13.3 Å². The van der Waals surface area contributed by atoms with Crippen LogP contribution in [-0.4, -0.2) is 10.9 Å². The van der Waals surface area contributed by atoms with Crippen LogP contribution in [0, 0.1) is 0 Å². The lowest BCUT2D eigenvalue weighted by Crippen LogP contribution is -2.22. The molecule has 2 aromatic rings. The minimum absolute atomic E-state index is 0.0956. The second-order valence-electron chi connectivity index (χ2n) is 4.41. The Hall–Kier alpha value is -2.10. The SMILES string of the molecule is CCCCC(=O)NCc1ccnc(-c2ccco2)c1. The summed E-state index contributed by atoms with van der Waals surface area (Å²) in [5.74, 6) is 0.831. The van der Waals surface area contributed by atoms with Gasteiger partial charge in [-0.25, -0.2) is 0 Å². The summed E-state index contributed by atoms with van der Waals surface area (Å²) in [5, 5.41) is 2.91. The van der Waals surface area contributed by atoms with Crippen molar-refractivity contribution in [1.29, 1.82) is 0 Å². The van der Waals surface area contributed by atoms with E-state index in [-0.39, 0.29) is 5.91 Å². The van der Waals surface area contributed by atoms with Crippen molar-refractivity contribution in [3.63, 3.8) is 0 Å². The summed E-state index contributed by atoms with van der Waals surface area (Å²) in [5.41, 5.74) is 1.80. The van der Waals surface area contributed by atoms with Crippen LogP contribution in [0.1, 0.15) is 31.7 Å². The van der Waals surface area contributed by atoms with Crippen molar-refractivity contribution in [3.8, 4) is 11.5 Å². The molecule has 0 bridgehead atoms. The average Bonchev–Trinajstić information content (AvgIpc) is 2.97. The third kappa shape index (κ3) is 3.95. The van der Waals surface area contributed by atoms with E-state index in [0.29, 0.717) is 13.0 Å². The molecule has 0 saturated heterocycles. The first-order chi connectivity index (χ1) is 9.29. The van der Waals surface area contributed by atoms with E-state index >= 15 is 0 Å². The number of carbonyl (C=O) groups excluding carboxylic acids is 1. The van der Waals surface area contributed by atoms with Gasteiger partial charge in [0.05, 0.1) is 6.26 Å². The summed E-state index contributed by atoms with van der Waals surface area (Å²) < 4.78 is 5.30. The molecule has 2 heterocycles. The van der Waals surface area contributed by atoms with Gasteiger partial charge in [0, 0.05) is 19.2 Å². The maximum absolute atomic E-state index is 11.5. The maximum Gasteiger partial charge on any atom is 0.220 e. The summed E-state index contributed by atoms with van der Waals surface area (Å²) in [7, 11) is 0. The Morgan fingerprint density at radius 2 is 2.32 bits per heavy atom. The zero-order chi connectivity index (χ0) is 13.5. The van der Waals surface area contributed by atoms with Crippen LogP contribution in [0.25, 0.3) is 11.5 Å². The molecule has 0 unspecified atom stereocenters. The molecule has 2 aromatic heterocycles. The van der Waals surface area contributed by atoms with Crippen molar-refractivity contribution in [2.24, 2.45) is 0 Å². The molecule has 0 aliphatic heterocycles. The Balaban J connectivity index is 1.94. The lowest BCUT2D eigenvalue weighted by atomic mass is 10.2. The number of hydrogen-bond acceptors (Lipinski definition) is 3. The standard InChI is InChI=1S/C15H18N2O2/c1-2-3-6-15(18)17-11-12-7-8-16-13(10-12)14-5-4-9-19-14/h4-5,7-10H,2-3,6,11H2,1H3,(H,17,18). The van der Waals surface area contributed by atoms with E-state index in [1.54, 1.807) is 12.5 Å². The van der Waals surface area contributed by atoms with E-state index in [0.717, 1.165) is 29.9 Å². The monoisotopic (exact) mass is 258 g/mol. The Morgan fingerprint density at radius 1 is 1.42 bits per heavy atom. The van der Waals surface area contributed by atoms with Crippen LogP contribution in [0.15, 0.2) is 41.1 Å². The molecule has 19 heavy (non-hydrogen) atoms. The van der Waals surface area contributed by atoms with Crippen molar-refractivity contribution >= 4 is 5.91 Å². The van der Waals surface area contributed by atoms with Crippen molar-refractivity contribution < 1.29 is 9.21 Å². The molecule has 0 aliphatic carbocycles. The second-order valence-corrected chi connectivity index (χ2v) is 4.41. The molecule has 100 valence electrons. The van der Waals surface area contributed by atoms with E-state index in [1.807, 2.05) is 24.3 Å². The molecule has 0 aliphatic rings.